The van der Waals surface area contributed by atoms with Crippen molar-refractivity contribution in [2.45, 2.75) is 19.3 Å². The molecule has 3 heterocycles. The van der Waals surface area contributed by atoms with Crippen LogP contribution < -0.4 is 9.64 Å². The summed E-state index contributed by atoms with van der Waals surface area (Å²) in [5.41, 5.74) is 3.22. The topological polar surface area (TPSA) is 56.1 Å². The van der Waals surface area contributed by atoms with E-state index in [1.54, 1.807) is 13.4 Å². The molecule has 0 bridgehead atoms. The smallest absolute Gasteiger partial charge is 0.168 e. The first-order valence-corrected chi connectivity index (χ1v) is 10.4. The maximum absolute atomic E-state index is 5.26. The quantitative estimate of drug-likeness (QED) is 0.501. The maximum Gasteiger partial charge on any atom is 0.168 e. The largest absolute Gasteiger partial charge is 0.497 e. The number of rotatable bonds is 5. The third-order valence-corrected chi connectivity index (χ3v) is 5.94. The molecule has 1 aliphatic heterocycles. The van der Waals surface area contributed by atoms with Gasteiger partial charge in [-0.15, -0.1) is 0 Å². The van der Waals surface area contributed by atoms with E-state index in [1.807, 2.05) is 35.1 Å². The third-order valence-electron chi connectivity index (χ3n) is 5.94. The van der Waals surface area contributed by atoms with Crippen LogP contribution in [-0.4, -0.2) is 39.9 Å². The third kappa shape index (κ3) is 3.61. The van der Waals surface area contributed by atoms with Crippen LogP contribution in [0.5, 0.6) is 5.75 Å². The maximum atomic E-state index is 5.26. The molecule has 1 aliphatic rings. The van der Waals surface area contributed by atoms with Gasteiger partial charge in [-0.3, -0.25) is 0 Å². The summed E-state index contributed by atoms with van der Waals surface area (Å²) in [6.45, 7) is 2.02. The van der Waals surface area contributed by atoms with Crippen molar-refractivity contribution in [2.75, 3.05) is 25.1 Å². The van der Waals surface area contributed by atoms with Crippen LogP contribution in [0.25, 0.3) is 16.7 Å². The van der Waals surface area contributed by atoms with Crippen LogP contribution in [0.15, 0.2) is 67.1 Å². The first kappa shape index (κ1) is 18.6. The van der Waals surface area contributed by atoms with Crippen molar-refractivity contribution in [1.29, 1.82) is 0 Å². The fourth-order valence-corrected chi connectivity index (χ4v) is 4.29. The Labute approximate surface area is 176 Å². The summed E-state index contributed by atoms with van der Waals surface area (Å²) in [7, 11) is 1.67. The van der Waals surface area contributed by atoms with E-state index >= 15 is 0 Å². The number of aromatic nitrogens is 4. The van der Waals surface area contributed by atoms with Gasteiger partial charge in [0.15, 0.2) is 5.65 Å². The van der Waals surface area contributed by atoms with Crippen LogP contribution in [0, 0.1) is 5.92 Å². The number of piperidine rings is 1. The van der Waals surface area contributed by atoms with Gasteiger partial charge in [-0.1, -0.05) is 30.3 Å². The fraction of sp³-hybridized carbons (Fsp3) is 0.292. The molecule has 5 rings (SSSR count). The van der Waals surface area contributed by atoms with Crippen molar-refractivity contribution in [3.05, 3.63) is 72.7 Å². The molecule has 1 fully saturated rings. The second kappa shape index (κ2) is 8.14. The lowest BCUT2D eigenvalue weighted by molar-refractivity contribution is 0.402. The number of fused-ring (bicyclic) bond motifs is 1. The molecule has 0 unspecified atom stereocenters. The minimum Gasteiger partial charge on any atom is -0.497 e. The van der Waals surface area contributed by atoms with E-state index in [0.717, 1.165) is 53.7 Å². The van der Waals surface area contributed by atoms with Crippen LogP contribution in [0.3, 0.4) is 0 Å². The van der Waals surface area contributed by atoms with Crippen LogP contribution in [0.2, 0.25) is 0 Å². The number of ether oxygens (including phenoxy) is 1. The summed E-state index contributed by atoms with van der Waals surface area (Å²) in [6.07, 6.45) is 7.03. The lowest BCUT2D eigenvalue weighted by atomic mass is 9.90. The molecule has 0 atom stereocenters. The van der Waals surface area contributed by atoms with Crippen LogP contribution in [0.1, 0.15) is 18.4 Å². The molecular formula is C24H25N5O. The number of methoxy groups -OCH3 is 1. The standard InChI is InChI=1S/C24H25N5O/c1-30-21-9-7-20(8-10-21)29-24-22(16-27-29)23(25-17-26-24)28-13-11-19(12-14-28)15-18-5-3-2-4-6-18/h2-10,16-17,19H,11-15H2,1H3. The SMILES string of the molecule is COc1ccc(-n2ncc3c(N4CCC(Cc5ccccc5)CC4)ncnc32)cc1. The van der Waals surface area contributed by atoms with Crippen molar-refractivity contribution in [2.24, 2.45) is 5.92 Å². The molecule has 0 N–H and O–H groups in total. The van der Waals surface area contributed by atoms with E-state index < -0.39 is 0 Å². The van der Waals surface area contributed by atoms with Gasteiger partial charge >= 0.3 is 0 Å². The number of hydrogen-bond donors (Lipinski definition) is 0. The molecule has 152 valence electrons. The molecule has 0 radical (unpaired) electrons. The van der Waals surface area contributed by atoms with E-state index in [2.05, 4.69) is 50.3 Å². The van der Waals surface area contributed by atoms with E-state index in [9.17, 15) is 0 Å². The van der Waals surface area contributed by atoms with Crippen LogP contribution in [0.4, 0.5) is 5.82 Å². The van der Waals surface area contributed by atoms with E-state index in [-0.39, 0.29) is 0 Å². The van der Waals surface area contributed by atoms with Gasteiger partial charge in [-0.2, -0.15) is 5.10 Å². The van der Waals surface area contributed by atoms with Crippen LogP contribution >= 0.6 is 0 Å². The summed E-state index contributed by atoms with van der Waals surface area (Å²) >= 11 is 0. The minimum absolute atomic E-state index is 0.725. The van der Waals surface area contributed by atoms with Crippen molar-refractivity contribution in [3.63, 3.8) is 0 Å². The Morgan fingerprint density at radius 3 is 2.47 bits per heavy atom. The number of nitrogens with zero attached hydrogens (tertiary/aromatic N) is 5. The second-order valence-corrected chi connectivity index (χ2v) is 7.81. The van der Waals surface area contributed by atoms with Crippen molar-refractivity contribution >= 4 is 16.9 Å². The summed E-state index contributed by atoms with van der Waals surface area (Å²) in [6, 6.07) is 18.6. The summed E-state index contributed by atoms with van der Waals surface area (Å²) in [5, 5.41) is 5.59. The van der Waals surface area contributed by atoms with Gasteiger partial charge in [0, 0.05) is 13.1 Å². The molecule has 0 amide bonds. The van der Waals surface area contributed by atoms with Gasteiger partial charge in [0.1, 0.15) is 17.9 Å². The fourth-order valence-electron chi connectivity index (χ4n) is 4.29. The molecule has 2 aromatic carbocycles. The molecule has 6 heteroatoms. The van der Waals surface area contributed by atoms with Crippen LogP contribution in [-0.2, 0) is 6.42 Å². The zero-order valence-corrected chi connectivity index (χ0v) is 17.1. The molecular weight excluding hydrogens is 374 g/mol. The lowest BCUT2D eigenvalue weighted by Gasteiger charge is -2.33. The highest BCUT2D eigenvalue weighted by Crippen LogP contribution is 2.29. The highest BCUT2D eigenvalue weighted by Gasteiger charge is 2.23. The molecule has 30 heavy (non-hydrogen) atoms. The highest BCUT2D eigenvalue weighted by molar-refractivity contribution is 5.87. The van der Waals surface area contributed by atoms with Gasteiger partial charge in [-0.05, 0) is 55.0 Å². The molecule has 0 saturated carbocycles. The zero-order valence-electron chi connectivity index (χ0n) is 17.1. The van der Waals surface area contributed by atoms with Crippen molar-refractivity contribution in [1.82, 2.24) is 19.7 Å². The predicted octanol–water partition coefficient (Wildman–Crippen LogP) is 4.28. The molecule has 2 aromatic heterocycles. The summed E-state index contributed by atoms with van der Waals surface area (Å²) in [5.74, 6) is 2.53. The summed E-state index contributed by atoms with van der Waals surface area (Å²) < 4.78 is 7.12. The molecule has 0 aliphatic carbocycles. The number of benzene rings is 2. The lowest BCUT2D eigenvalue weighted by Crippen LogP contribution is -2.35. The van der Waals surface area contributed by atoms with E-state index in [0.29, 0.717) is 0 Å². The second-order valence-electron chi connectivity index (χ2n) is 7.81. The van der Waals surface area contributed by atoms with Gasteiger partial charge in [0.2, 0.25) is 0 Å². The monoisotopic (exact) mass is 399 g/mol. The normalized spacial score (nSPS) is 14.9. The van der Waals surface area contributed by atoms with Gasteiger partial charge < -0.3 is 9.64 Å². The van der Waals surface area contributed by atoms with E-state index in [4.69, 9.17) is 4.74 Å². The zero-order chi connectivity index (χ0) is 20.3. The molecule has 0 spiro atoms. The van der Waals surface area contributed by atoms with Gasteiger partial charge in [-0.25, -0.2) is 14.6 Å². The number of anilines is 1. The Morgan fingerprint density at radius 1 is 0.967 bits per heavy atom. The Morgan fingerprint density at radius 2 is 1.73 bits per heavy atom. The predicted molar refractivity (Wildman–Crippen MR) is 118 cm³/mol. The molecule has 6 nitrogen and oxygen atoms in total. The summed E-state index contributed by atoms with van der Waals surface area (Å²) in [4.78, 5) is 11.5. The Kier molecular flexibility index (Phi) is 5.05. The molecule has 1 saturated heterocycles. The van der Waals surface area contributed by atoms with E-state index in [1.165, 1.54) is 18.4 Å². The van der Waals surface area contributed by atoms with Crippen molar-refractivity contribution < 1.29 is 4.74 Å². The van der Waals surface area contributed by atoms with Crippen molar-refractivity contribution in [3.8, 4) is 11.4 Å². The average molecular weight is 399 g/mol. The average Bonchev–Trinajstić information content (AvgIpc) is 3.25. The first-order chi connectivity index (χ1) is 14.8. The Balaban J connectivity index is 1.35. The Bertz CT molecular complexity index is 1120. The number of hydrogen-bond acceptors (Lipinski definition) is 5. The Hall–Kier alpha value is -3.41. The highest BCUT2D eigenvalue weighted by atomic mass is 16.5. The van der Waals surface area contributed by atoms with Gasteiger partial charge in [0.05, 0.1) is 24.4 Å². The van der Waals surface area contributed by atoms with Gasteiger partial charge in [0.25, 0.3) is 0 Å². The molecule has 4 aromatic rings. The minimum atomic E-state index is 0.725. The first-order valence-electron chi connectivity index (χ1n) is 10.4.